The molecule has 0 aliphatic carbocycles. The highest BCUT2D eigenvalue weighted by Gasteiger charge is 2.17. The van der Waals surface area contributed by atoms with E-state index in [0.29, 0.717) is 13.0 Å². The van der Waals surface area contributed by atoms with Crippen LogP contribution in [0.25, 0.3) is 0 Å². The number of hydrogen-bond donors (Lipinski definition) is 2. The molecule has 0 unspecified atom stereocenters. The number of para-hydroxylation sites is 1. The summed E-state index contributed by atoms with van der Waals surface area (Å²) in [6, 6.07) is 18.3. The number of aliphatic hydroxyl groups excluding tert-OH is 1. The molecule has 2 N–H and O–H groups in total. The Bertz CT molecular complexity index is 802. The Balaban J connectivity index is 1.35. The van der Waals surface area contributed by atoms with Gasteiger partial charge < -0.3 is 14.9 Å². The van der Waals surface area contributed by atoms with E-state index in [1.165, 1.54) is 5.69 Å². The van der Waals surface area contributed by atoms with Gasteiger partial charge in [-0.1, -0.05) is 30.3 Å². The Morgan fingerprint density at radius 2 is 1.80 bits per heavy atom. The van der Waals surface area contributed by atoms with Crippen LogP contribution in [0, 0.1) is 0 Å². The minimum Gasteiger partial charge on any atom is -0.395 e. The van der Waals surface area contributed by atoms with Crippen molar-refractivity contribution in [1.29, 1.82) is 0 Å². The normalized spacial score (nSPS) is 14.8. The Hall–Kier alpha value is -2.90. The van der Waals surface area contributed by atoms with Crippen molar-refractivity contribution in [2.45, 2.75) is 6.42 Å². The second-order valence-electron chi connectivity index (χ2n) is 7.44. The molecule has 1 amide bonds. The van der Waals surface area contributed by atoms with E-state index < -0.39 is 0 Å². The monoisotopic (exact) mass is 409 g/mol. The number of hydrazone groups is 1. The van der Waals surface area contributed by atoms with Gasteiger partial charge in [0, 0.05) is 64.1 Å². The highest BCUT2D eigenvalue weighted by atomic mass is 16.3. The van der Waals surface area contributed by atoms with Crippen LogP contribution in [-0.4, -0.2) is 75.1 Å². The van der Waals surface area contributed by atoms with Gasteiger partial charge in [0.05, 0.1) is 12.8 Å². The largest absolute Gasteiger partial charge is 0.395 e. The summed E-state index contributed by atoms with van der Waals surface area (Å²) in [5.41, 5.74) is 5.81. The van der Waals surface area contributed by atoms with Crippen LogP contribution < -0.4 is 15.2 Å². The Kier molecular flexibility index (Phi) is 8.23. The minimum absolute atomic E-state index is 0.0731. The van der Waals surface area contributed by atoms with E-state index in [2.05, 4.69) is 44.6 Å². The van der Waals surface area contributed by atoms with Gasteiger partial charge in [-0.2, -0.15) is 5.10 Å². The second kappa shape index (κ2) is 11.3. The summed E-state index contributed by atoms with van der Waals surface area (Å²) < 4.78 is 0. The number of nitrogens with one attached hydrogen (secondary N) is 1. The molecule has 0 radical (unpaired) electrons. The molecule has 30 heavy (non-hydrogen) atoms. The summed E-state index contributed by atoms with van der Waals surface area (Å²) in [4.78, 5) is 18.8. The first-order chi connectivity index (χ1) is 14.7. The van der Waals surface area contributed by atoms with Crippen LogP contribution in [0.1, 0.15) is 12.0 Å². The zero-order valence-electron chi connectivity index (χ0n) is 17.6. The van der Waals surface area contributed by atoms with E-state index in [1.807, 2.05) is 42.3 Å². The Labute approximate surface area is 178 Å². The second-order valence-corrected chi connectivity index (χ2v) is 7.44. The van der Waals surface area contributed by atoms with Crippen molar-refractivity contribution in [3.63, 3.8) is 0 Å². The first-order valence-corrected chi connectivity index (χ1v) is 10.4. The zero-order chi connectivity index (χ0) is 21.2. The van der Waals surface area contributed by atoms with Crippen molar-refractivity contribution < 1.29 is 9.90 Å². The zero-order valence-corrected chi connectivity index (χ0v) is 17.6. The number of benzene rings is 2. The molecule has 1 heterocycles. The van der Waals surface area contributed by atoms with Gasteiger partial charge >= 0.3 is 0 Å². The lowest BCUT2D eigenvalue weighted by Gasteiger charge is -2.36. The molecule has 2 aromatic carbocycles. The van der Waals surface area contributed by atoms with Gasteiger partial charge in [-0.05, 0) is 29.8 Å². The van der Waals surface area contributed by atoms with Crippen LogP contribution in [0.15, 0.2) is 59.7 Å². The molecular weight excluding hydrogens is 378 g/mol. The van der Waals surface area contributed by atoms with E-state index in [-0.39, 0.29) is 12.5 Å². The van der Waals surface area contributed by atoms with Crippen molar-refractivity contribution in [1.82, 2.24) is 10.3 Å². The first-order valence-electron chi connectivity index (χ1n) is 10.4. The highest BCUT2D eigenvalue weighted by molar-refractivity contribution is 5.82. The van der Waals surface area contributed by atoms with E-state index in [1.54, 1.807) is 6.21 Å². The standard InChI is InChI=1S/C23H31N5O2/c1-26(17-18-29)21-9-7-20(8-10-21)19-24-25-23(30)11-12-27-13-15-28(16-14-27)22-5-3-2-4-6-22/h2-10,19,29H,11-18H2,1H3,(H,25,30)/b24-19+. The molecule has 1 fully saturated rings. The summed E-state index contributed by atoms with van der Waals surface area (Å²) in [5, 5.41) is 13.1. The minimum atomic E-state index is -0.0731. The maximum atomic E-state index is 12.1. The summed E-state index contributed by atoms with van der Waals surface area (Å²) in [6.45, 7) is 5.33. The van der Waals surface area contributed by atoms with E-state index >= 15 is 0 Å². The molecule has 0 spiro atoms. The predicted octanol–water partition coefficient (Wildman–Crippen LogP) is 1.78. The fraction of sp³-hybridized carbons (Fsp3) is 0.391. The van der Waals surface area contributed by atoms with Crippen LogP contribution in [0.5, 0.6) is 0 Å². The molecule has 2 aromatic rings. The number of likely N-dealkylation sites (N-methyl/N-ethyl adjacent to an activating group) is 1. The van der Waals surface area contributed by atoms with Crippen LogP contribution >= 0.6 is 0 Å². The number of rotatable bonds is 9. The lowest BCUT2D eigenvalue weighted by atomic mass is 10.2. The lowest BCUT2D eigenvalue weighted by molar-refractivity contribution is -0.121. The van der Waals surface area contributed by atoms with E-state index in [4.69, 9.17) is 5.11 Å². The number of aliphatic hydroxyl groups is 1. The van der Waals surface area contributed by atoms with Gasteiger partial charge in [-0.3, -0.25) is 9.69 Å². The Morgan fingerprint density at radius 1 is 1.10 bits per heavy atom. The lowest BCUT2D eigenvalue weighted by Crippen LogP contribution is -2.47. The average Bonchev–Trinajstić information content (AvgIpc) is 2.79. The molecule has 0 aromatic heterocycles. The fourth-order valence-corrected chi connectivity index (χ4v) is 3.46. The maximum absolute atomic E-state index is 12.1. The third-order valence-corrected chi connectivity index (χ3v) is 5.32. The summed E-state index contributed by atoms with van der Waals surface area (Å²) in [6.07, 6.45) is 2.08. The fourth-order valence-electron chi connectivity index (χ4n) is 3.46. The third kappa shape index (κ3) is 6.57. The van der Waals surface area contributed by atoms with Crippen molar-refractivity contribution in [2.75, 3.05) is 62.7 Å². The molecule has 0 saturated carbocycles. The number of amides is 1. The number of carbonyl (C=O) groups excluding carboxylic acids is 1. The molecule has 3 rings (SSSR count). The topological polar surface area (TPSA) is 71.4 Å². The van der Waals surface area contributed by atoms with Gasteiger partial charge in [-0.15, -0.1) is 0 Å². The first kappa shape index (κ1) is 21.8. The van der Waals surface area contributed by atoms with Crippen molar-refractivity contribution in [3.8, 4) is 0 Å². The van der Waals surface area contributed by atoms with E-state index in [9.17, 15) is 4.79 Å². The van der Waals surface area contributed by atoms with Crippen LogP contribution in [0.2, 0.25) is 0 Å². The summed E-state index contributed by atoms with van der Waals surface area (Å²) in [7, 11) is 1.93. The smallest absolute Gasteiger partial charge is 0.241 e. The third-order valence-electron chi connectivity index (χ3n) is 5.32. The number of nitrogens with zero attached hydrogens (tertiary/aromatic N) is 4. The van der Waals surface area contributed by atoms with Crippen molar-refractivity contribution in [2.24, 2.45) is 5.10 Å². The Morgan fingerprint density at radius 3 is 2.47 bits per heavy atom. The molecule has 0 bridgehead atoms. The molecular formula is C23H31N5O2. The summed E-state index contributed by atoms with van der Waals surface area (Å²) in [5.74, 6) is -0.0731. The number of carbonyl (C=O) groups is 1. The molecule has 7 heteroatoms. The predicted molar refractivity (Wildman–Crippen MR) is 122 cm³/mol. The van der Waals surface area contributed by atoms with Gasteiger partial charge in [-0.25, -0.2) is 5.43 Å². The molecule has 0 atom stereocenters. The highest BCUT2D eigenvalue weighted by Crippen LogP contribution is 2.15. The van der Waals surface area contributed by atoms with Crippen LogP contribution in [-0.2, 0) is 4.79 Å². The van der Waals surface area contributed by atoms with Crippen molar-refractivity contribution in [3.05, 3.63) is 60.2 Å². The molecule has 1 saturated heterocycles. The summed E-state index contributed by atoms with van der Waals surface area (Å²) >= 11 is 0. The maximum Gasteiger partial charge on any atom is 0.241 e. The molecule has 160 valence electrons. The van der Waals surface area contributed by atoms with Crippen LogP contribution in [0.4, 0.5) is 11.4 Å². The van der Waals surface area contributed by atoms with Gasteiger partial charge in [0.2, 0.25) is 5.91 Å². The number of anilines is 2. The number of hydrogen-bond acceptors (Lipinski definition) is 6. The SMILES string of the molecule is CN(CCO)c1ccc(/C=N/NC(=O)CCN2CCN(c3ccccc3)CC2)cc1. The van der Waals surface area contributed by atoms with Crippen molar-refractivity contribution >= 4 is 23.5 Å². The van der Waals surface area contributed by atoms with Gasteiger partial charge in [0.25, 0.3) is 0 Å². The van der Waals surface area contributed by atoms with Crippen LogP contribution in [0.3, 0.4) is 0 Å². The average molecular weight is 410 g/mol. The quantitative estimate of drug-likeness (QED) is 0.488. The number of piperazine rings is 1. The van der Waals surface area contributed by atoms with Gasteiger partial charge in [0.15, 0.2) is 0 Å². The molecule has 1 aliphatic heterocycles. The molecule has 7 nitrogen and oxygen atoms in total. The van der Waals surface area contributed by atoms with E-state index in [0.717, 1.165) is 44.0 Å². The van der Waals surface area contributed by atoms with Gasteiger partial charge in [0.1, 0.15) is 0 Å². The molecule has 1 aliphatic rings.